The molecule has 0 bridgehead atoms. The lowest BCUT2D eigenvalue weighted by atomic mass is 10.2. The van der Waals surface area contributed by atoms with E-state index < -0.39 is 0 Å². The molecule has 0 aliphatic heterocycles. The molecular formula is C24H23BrN4O. The molecule has 6 heteroatoms. The number of nitrogens with one attached hydrogen (secondary N) is 2. The standard InChI is InChI=1S/C24H23BrN4O/c1-2-12-30-21-9-6-17(7-10-21)15-26-19-8-11-23-22(14-19)24(28-16-27-23)29-20-5-3-4-18(25)13-20/h3-11,13-14,16,26H,2,12,15H2,1H3,(H,27,28,29). The predicted octanol–water partition coefficient (Wildman–Crippen LogP) is 6.54. The summed E-state index contributed by atoms with van der Waals surface area (Å²) in [5.41, 5.74) is 4.07. The maximum absolute atomic E-state index is 5.65. The highest BCUT2D eigenvalue weighted by molar-refractivity contribution is 9.10. The Morgan fingerprint density at radius 2 is 1.80 bits per heavy atom. The van der Waals surface area contributed by atoms with E-state index in [9.17, 15) is 0 Å². The van der Waals surface area contributed by atoms with Crippen molar-refractivity contribution in [2.45, 2.75) is 19.9 Å². The van der Waals surface area contributed by atoms with Gasteiger partial charge in [0.1, 0.15) is 17.9 Å². The Morgan fingerprint density at radius 1 is 0.933 bits per heavy atom. The first kappa shape index (κ1) is 20.2. The molecule has 0 saturated heterocycles. The van der Waals surface area contributed by atoms with Crippen molar-refractivity contribution in [1.82, 2.24) is 9.97 Å². The topological polar surface area (TPSA) is 59.1 Å². The van der Waals surface area contributed by atoms with Gasteiger partial charge in [-0.15, -0.1) is 0 Å². The lowest BCUT2D eigenvalue weighted by molar-refractivity contribution is 0.317. The number of hydrogen-bond donors (Lipinski definition) is 2. The summed E-state index contributed by atoms with van der Waals surface area (Å²) in [5, 5.41) is 7.84. The van der Waals surface area contributed by atoms with Gasteiger partial charge < -0.3 is 15.4 Å². The average Bonchev–Trinajstić information content (AvgIpc) is 2.77. The van der Waals surface area contributed by atoms with Crippen LogP contribution in [0.3, 0.4) is 0 Å². The van der Waals surface area contributed by atoms with Crippen LogP contribution in [-0.2, 0) is 6.54 Å². The van der Waals surface area contributed by atoms with Crippen LogP contribution in [0.25, 0.3) is 10.9 Å². The van der Waals surface area contributed by atoms with Crippen LogP contribution in [0.1, 0.15) is 18.9 Å². The normalized spacial score (nSPS) is 10.7. The van der Waals surface area contributed by atoms with Crippen molar-refractivity contribution >= 4 is 44.0 Å². The molecule has 2 N–H and O–H groups in total. The van der Waals surface area contributed by atoms with Crippen LogP contribution in [-0.4, -0.2) is 16.6 Å². The monoisotopic (exact) mass is 462 g/mol. The molecule has 30 heavy (non-hydrogen) atoms. The fourth-order valence-corrected chi connectivity index (χ4v) is 3.50. The van der Waals surface area contributed by atoms with Gasteiger partial charge in [-0.2, -0.15) is 0 Å². The first-order valence-electron chi connectivity index (χ1n) is 9.94. The summed E-state index contributed by atoms with van der Waals surface area (Å²) in [6.07, 6.45) is 2.59. The van der Waals surface area contributed by atoms with Crippen LogP contribution >= 0.6 is 15.9 Å². The molecule has 0 saturated carbocycles. The third kappa shape index (κ3) is 5.07. The number of hydrogen-bond acceptors (Lipinski definition) is 5. The lowest BCUT2D eigenvalue weighted by Gasteiger charge is -2.12. The fraction of sp³-hybridized carbons (Fsp3) is 0.167. The van der Waals surface area contributed by atoms with Gasteiger partial charge >= 0.3 is 0 Å². The van der Waals surface area contributed by atoms with Crippen molar-refractivity contribution in [2.24, 2.45) is 0 Å². The number of halogens is 1. The molecule has 3 aromatic carbocycles. The van der Waals surface area contributed by atoms with Gasteiger partial charge in [-0.1, -0.05) is 41.1 Å². The van der Waals surface area contributed by atoms with E-state index in [4.69, 9.17) is 4.74 Å². The molecule has 0 fully saturated rings. The Labute approximate surface area is 184 Å². The van der Waals surface area contributed by atoms with E-state index in [1.54, 1.807) is 6.33 Å². The summed E-state index contributed by atoms with van der Waals surface area (Å²) in [7, 11) is 0. The van der Waals surface area contributed by atoms with E-state index in [2.05, 4.69) is 61.7 Å². The molecule has 0 aliphatic rings. The minimum atomic E-state index is 0.724. The first-order chi connectivity index (χ1) is 14.7. The largest absolute Gasteiger partial charge is 0.494 e. The molecular weight excluding hydrogens is 440 g/mol. The van der Waals surface area contributed by atoms with Gasteiger partial charge in [-0.3, -0.25) is 0 Å². The Hall–Kier alpha value is -3.12. The molecule has 4 aromatic rings. The molecule has 1 aromatic heterocycles. The second-order valence-corrected chi connectivity index (χ2v) is 7.85. The summed E-state index contributed by atoms with van der Waals surface area (Å²) in [6, 6.07) is 22.3. The zero-order chi connectivity index (χ0) is 20.8. The second-order valence-electron chi connectivity index (χ2n) is 6.94. The number of fused-ring (bicyclic) bond motifs is 1. The van der Waals surface area contributed by atoms with Crippen LogP contribution in [0.2, 0.25) is 0 Å². The van der Waals surface area contributed by atoms with E-state index in [1.807, 2.05) is 48.5 Å². The SMILES string of the molecule is CCCOc1ccc(CNc2ccc3ncnc(Nc4cccc(Br)c4)c3c2)cc1. The van der Waals surface area contributed by atoms with E-state index in [0.29, 0.717) is 0 Å². The van der Waals surface area contributed by atoms with Crippen LogP contribution in [0.5, 0.6) is 5.75 Å². The molecule has 4 rings (SSSR count). The van der Waals surface area contributed by atoms with Crippen molar-refractivity contribution in [2.75, 3.05) is 17.2 Å². The number of benzene rings is 3. The molecule has 0 amide bonds. The fourth-order valence-electron chi connectivity index (χ4n) is 3.10. The lowest BCUT2D eigenvalue weighted by Crippen LogP contribution is -2.01. The van der Waals surface area contributed by atoms with Crippen molar-refractivity contribution in [1.29, 1.82) is 0 Å². The van der Waals surface area contributed by atoms with Gasteiger partial charge in [0.25, 0.3) is 0 Å². The van der Waals surface area contributed by atoms with E-state index >= 15 is 0 Å². The summed E-state index contributed by atoms with van der Waals surface area (Å²) in [5.74, 6) is 1.69. The smallest absolute Gasteiger partial charge is 0.141 e. The van der Waals surface area contributed by atoms with Gasteiger partial charge in [-0.25, -0.2) is 9.97 Å². The molecule has 1 heterocycles. The number of aromatic nitrogens is 2. The number of anilines is 3. The van der Waals surface area contributed by atoms with Gasteiger partial charge in [0.05, 0.1) is 12.1 Å². The molecule has 0 atom stereocenters. The number of ether oxygens (including phenoxy) is 1. The molecule has 0 unspecified atom stereocenters. The van der Waals surface area contributed by atoms with Crippen molar-refractivity contribution in [3.63, 3.8) is 0 Å². The van der Waals surface area contributed by atoms with Gasteiger partial charge in [0, 0.05) is 27.8 Å². The van der Waals surface area contributed by atoms with E-state index in [0.717, 1.165) is 57.9 Å². The summed E-state index contributed by atoms with van der Waals surface area (Å²) in [6.45, 7) is 3.57. The summed E-state index contributed by atoms with van der Waals surface area (Å²) < 4.78 is 6.66. The number of rotatable bonds is 8. The van der Waals surface area contributed by atoms with E-state index in [-0.39, 0.29) is 0 Å². The molecule has 5 nitrogen and oxygen atoms in total. The highest BCUT2D eigenvalue weighted by Gasteiger charge is 2.06. The second kappa shape index (κ2) is 9.59. The Morgan fingerprint density at radius 3 is 2.60 bits per heavy atom. The summed E-state index contributed by atoms with van der Waals surface area (Å²) >= 11 is 3.51. The quantitative estimate of drug-likeness (QED) is 0.311. The molecule has 0 radical (unpaired) electrons. The Balaban J connectivity index is 1.49. The van der Waals surface area contributed by atoms with Crippen molar-refractivity contribution in [3.05, 3.63) is 83.1 Å². The molecule has 0 aliphatic carbocycles. The first-order valence-corrected chi connectivity index (χ1v) is 10.7. The third-order valence-corrected chi connectivity index (χ3v) is 5.11. The zero-order valence-electron chi connectivity index (χ0n) is 16.7. The molecule has 152 valence electrons. The van der Waals surface area contributed by atoms with Crippen LogP contribution in [0.15, 0.2) is 77.5 Å². The zero-order valence-corrected chi connectivity index (χ0v) is 18.3. The Bertz CT molecular complexity index is 1130. The highest BCUT2D eigenvalue weighted by Crippen LogP contribution is 2.27. The van der Waals surface area contributed by atoms with Gasteiger partial charge in [-0.05, 0) is 60.5 Å². The van der Waals surface area contributed by atoms with Crippen LogP contribution < -0.4 is 15.4 Å². The molecule has 0 spiro atoms. The van der Waals surface area contributed by atoms with Crippen molar-refractivity contribution in [3.8, 4) is 5.75 Å². The van der Waals surface area contributed by atoms with Gasteiger partial charge in [0.2, 0.25) is 0 Å². The van der Waals surface area contributed by atoms with Crippen LogP contribution in [0, 0.1) is 0 Å². The third-order valence-electron chi connectivity index (χ3n) is 4.62. The maximum Gasteiger partial charge on any atom is 0.141 e. The summed E-state index contributed by atoms with van der Waals surface area (Å²) in [4.78, 5) is 8.84. The van der Waals surface area contributed by atoms with Gasteiger partial charge in [0.15, 0.2) is 0 Å². The van der Waals surface area contributed by atoms with Crippen molar-refractivity contribution < 1.29 is 4.74 Å². The number of nitrogens with zero attached hydrogens (tertiary/aromatic N) is 2. The van der Waals surface area contributed by atoms with E-state index in [1.165, 1.54) is 5.56 Å². The Kier molecular flexibility index (Phi) is 6.44. The maximum atomic E-state index is 5.65. The van der Waals surface area contributed by atoms with Crippen LogP contribution in [0.4, 0.5) is 17.2 Å². The minimum absolute atomic E-state index is 0.724. The highest BCUT2D eigenvalue weighted by atomic mass is 79.9. The average molecular weight is 463 g/mol. The minimum Gasteiger partial charge on any atom is -0.494 e. The predicted molar refractivity (Wildman–Crippen MR) is 127 cm³/mol.